The van der Waals surface area contributed by atoms with Gasteiger partial charge in [0.1, 0.15) is 5.82 Å². The Balaban J connectivity index is 1.47. The van der Waals surface area contributed by atoms with Crippen molar-refractivity contribution in [2.45, 2.75) is 31.7 Å². The first-order chi connectivity index (χ1) is 14.0. The number of imidazole rings is 1. The summed E-state index contributed by atoms with van der Waals surface area (Å²) in [7, 11) is 1.28. The molecule has 29 heavy (non-hydrogen) atoms. The lowest BCUT2D eigenvalue weighted by molar-refractivity contribution is 0.0594. The third-order valence-electron chi connectivity index (χ3n) is 4.97. The van der Waals surface area contributed by atoms with E-state index in [2.05, 4.69) is 35.7 Å². The van der Waals surface area contributed by atoms with Crippen LogP contribution in [0.4, 0.5) is 10.5 Å². The molecule has 0 spiro atoms. The van der Waals surface area contributed by atoms with Gasteiger partial charge in [-0.15, -0.1) is 5.10 Å². The van der Waals surface area contributed by atoms with Crippen LogP contribution in [-0.2, 0) is 10.3 Å². The molecule has 3 aromatic rings. The molecule has 0 radical (unpaired) electrons. The number of carbonyl (C=O) groups excluding carboxylic acids is 2. The van der Waals surface area contributed by atoms with Gasteiger partial charge in [-0.25, -0.2) is 19.3 Å². The lowest BCUT2D eigenvalue weighted by Gasteiger charge is -2.40. The maximum absolute atomic E-state index is 12.6. The molecule has 150 valence electrons. The number of nitrogens with zero attached hydrogens (tertiary/aromatic N) is 4. The quantitative estimate of drug-likeness (QED) is 0.569. The fourth-order valence-corrected chi connectivity index (χ4v) is 3.30. The Hall–Kier alpha value is -3.69. The molecule has 3 N–H and O–H groups in total. The third kappa shape index (κ3) is 3.68. The number of aromatic nitrogens is 5. The van der Waals surface area contributed by atoms with E-state index >= 15 is 0 Å². The minimum atomic E-state index is -0.566. The Morgan fingerprint density at radius 2 is 2.14 bits per heavy atom. The second kappa shape index (κ2) is 7.38. The fourth-order valence-electron chi connectivity index (χ4n) is 3.30. The highest BCUT2D eigenvalue weighted by atomic mass is 16.5. The fraction of sp³-hybridized carbons (Fsp3) is 0.316. The van der Waals surface area contributed by atoms with E-state index in [0.717, 1.165) is 30.8 Å². The number of urea groups is 1. The van der Waals surface area contributed by atoms with Crippen molar-refractivity contribution < 1.29 is 14.3 Å². The first-order valence-electron chi connectivity index (χ1n) is 9.21. The van der Waals surface area contributed by atoms with Crippen molar-refractivity contribution in [3.05, 3.63) is 53.9 Å². The number of hydrogen-bond acceptors (Lipinski definition) is 6. The van der Waals surface area contributed by atoms with Gasteiger partial charge in [-0.1, -0.05) is 11.3 Å². The standard InChI is InChI=1S/C19H21N7O3/c1-12-10-20-17(21-12)19(7-4-8-19)23-18(28)22-13-5-3-6-14(9-13)26-11-15(24-25-26)16(27)29-2/h3,5-6,9-11H,4,7-8H2,1-2H3,(H,20,21)(H2,22,23,28). The number of methoxy groups -OCH3 is 1. The van der Waals surface area contributed by atoms with Crippen LogP contribution in [0.3, 0.4) is 0 Å². The van der Waals surface area contributed by atoms with Gasteiger partial charge in [-0.3, -0.25) is 0 Å². The predicted octanol–water partition coefficient (Wildman–Crippen LogP) is 2.29. The molecule has 0 aliphatic heterocycles. The molecule has 1 aromatic carbocycles. The summed E-state index contributed by atoms with van der Waals surface area (Å²) in [5, 5.41) is 13.6. The van der Waals surface area contributed by atoms with Crippen LogP contribution in [0.1, 0.15) is 41.3 Å². The van der Waals surface area contributed by atoms with Gasteiger partial charge in [-0.2, -0.15) is 0 Å². The number of ether oxygens (including phenoxy) is 1. The molecule has 10 nitrogen and oxygen atoms in total. The number of anilines is 1. The van der Waals surface area contributed by atoms with Crippen LogP contribution < -0.4 is 10.6 Å². The van der Waals surface area contributed by atoms with Crippen molar-refractivity contribution in [2.75, 3.05) is 12.4 Å². The molecule has 0 atom stereocenters. The highest BCUT2D eigenvalue weighted by Gasteiger charge is 2.42. The predicted molar refractivity (Wildman–Crippen MR) is 104 cm³/mol. The number of amides is 2. The number of esters is 1. The topological polar surface area (TPSA) is 127 Å². The summed E-state index contributed by atoms with van der Waals surface area (Å²) >= 11 is 0. The van der Waals surface area contributed by atoms with Gasteiger partial charge in [0.15, 0.2) is 5.69 Å². The summed E-state index contributed by atoms with van der Waals surface area (Å²) in [4.78, 5) is 31.8. The number of rotatable bonds is 5. The van der Waals surface area contributed by atoms with E-state index in [1.54, 1.807) is 30.5 Å². The molecule has 4 rings (SSSR count). The molecule has 0 saturated heterocycles. The van der Waals surface area contributed by atoms with Crippen LogP contribution in [-0.4, -0.2) is 44.1 Å². The molecule has 2 aromatic heterocycles. The molecule has 1 aliphatic rings. The van der Waals surface area contributed by atoms with E-state index in [4.69, 9.17) is 0 Å². The number of H-pyrrole nitrogens is 1. The van der Waals surface area contributed by atoms with Gasteiger partial charge in [0.05, 0.1) is 24.5 Å². The van der Waals surface area contributed by atoms with Crippen LogP contribution in [0.15, 0.2) is 36.7 Å². The van der Waals surface area contributed by atoms with Crippen LogP contribution in [0.25, 0.3) is 5.69 Å². The van der Waals surface area contributed by atoms with Crippen molar-refractivity contribution in [3.8, 4) is 5.69 Å². The van der Waals surface area contributed by atoms with Gasteiger partial charge in [-0.05, 0) is 44.4 Å². The van der Waals surface area contributed by atoms with Crippen molar-refractivity contribution >= 4 is 17.7 Å². The molecular weight excluding hydrogens is 374 g/mol. The molecule has 1 fully saturated rings. The zero-order chi connectivity index (χ0) is 20.4. The van der Waals surface area contributed by atoms with E-state index in [1.807, 2.05) is 6.92 Å². The Bertz CT molecular complexity index is 1050. The summed E-state index contributed by atoms with van der Waals surface area (Å²) in [5.41, 5.74) is 1.83. The Labute approximate surface area is 166 Å². The minimum Gasteiger partial charge on any atom is -0.464 e. The van der Waals surface area contributed by atoms with Crippen molar-refractivity contribution in [2.24, 2.45) is 0 Å². The van der Waals surface area contributed by atoms with E-state index < -0.39 is 11.5 Å². The Kier molecular flexibility index (Phi) is 4.75. The number of hydrogen-bond donors (Lipinski definition) is 3. The molecule has 2 amide bonds. The summed E-state index contributed by atoms with van der Waals surface area (Å²) in [5.74, 6) is 0.215. The first kappa shape index (κ1) is 18.7. The van der Waals surface area contributed by atoms with E-state index in [0.29, 0.717) is 11.4 Å². The second-order valence-electron chi connectivity index (χ2n) is 7.02. The maximum Gasteiger partial charge on any atom is 0.360 e. The number of benzene rings is 1. The van der Waals surface area contributed by atoms with Crippen LogP contribution in [0.5, 0.6) is 0 Å². The Morgan fingerprint density at radius 3 is 2.79 bits per heavy atom. The molecule has 0 bridgehead atoms. The number of nitrogens with one attached hydrogen (secondary N) is 3. The third-order valence-corrected chi connectivity index (χ3v) is 4.97. The zero-order valence-corrected chi connectivity index (χ0v) is 16.1. The lowest BCUT2D eigenvalue weighted by atomic mass is 9.76. The van der Waals surface area contributed by atoms with Crippen LogP contribution in [0, 0.1) is 6.92 Å². The lowest BCUT2D eigenvalue weighted by Crippen LogP contribution is -2.52. The van der Waals surface area contributed by atoms with Gasteiger partial charge >= 0.3 is 12.0 Å². The SMILES string of the molecule is COC(=O)c1cn(-c2cccc(NC(=O)NC3(c4ncc(C)[nH]4)CCC3)c2)nn1. The average Bonchev–Trinajstić information content (AvgIpc) is 3.34. The molecule has 2 heterocycles. The minimum absolute atomic E-state index is 0.101. The van der Waals surface area contributed by atoms with Crippen LogP contribution >= 0.6 is 0 Å². The van der Waals surface area contributed by atoms with Crippen molar-refractivity contribution in [1.82, 2.24) is 30.3 Å². The largest absolute Gasteiger partial charge is 0.464 e. The molecule has 0 unspecified atom stereocenters. The van der Waals surface area contributed by atoms with E-state index in [9.17, 15) is 9.59 Å². The van der Waals surface area contributed by atoms with E-state index in [1.165, 1.54) is 18.0 Å². The highest BCUT2D eigenvalue weighted by Crippen LogP contribution is 2.39. The van der Waals surface area contributed by atoms with E-state index in [-0.39, 0.29) is 11.7 Å². The molecule has 1 saturated carbocycles. The zero-order valence-electron chi connectivity index (χ0n) is 16.1. The number of carbonyl (C=O) groups is 2. The maximum atomic E-state index is 12.6. The summed E-state index contributed by atoms with van der Waals surface area (Å²) in [6.07, 6.45) is 5.93. The van der Waals surface area contributed by atoms with Gasteiger partial charge in [0.25, 0.3) is 0 Å². The summed E-state index contributed by atoms with van der Waals surface area (Å²) in [6.45, 7) is 1.93. The summed E-state index contributed by atoms with van der Waals surface area (Å²) < 4.78 is 6.07. The number of aromatic amines is 1. The number of aryl methyl sites for hydroxylation is 1. The molecule has 10 heteroatoms. The first-order valence-corrected chi connectivity index (χ1v) is 9.21. The second-order valence-corrected chi connectivity index (χ2v) is 7.02. The normalized spacial score (nSPS) is 14.7. The Morgan fingerprint density at radius 1 is 1.31 bits per heavy atom. The highest BCUT2D eigenvalue weighted by molar-refractivity contribution is 5.90. The average molecular weight is 395 g/mol. The molecular formula is C19H21N7O3. The van der Waals surface area contributed by atoms with Gasteiger partial charge in [0.2, 0.25) is 0 Å². The van der Waals surface area contributed by atoms with Gasteiger partial charge < -0.3 is 20.4 Å². The van der Waals surface area contributed by atoms with Crippen molar-refractivity contribution in [3.63, 3.8) is 0 Å². The van der Waals surface area contributed by atoms with Gasteiger partial charge in [0, 0.05) is 17.6 Å². The summed E-state index contributed by atoms with van der Waals surface area (Å²) in [6, 6.07) is 6.76. The van der Waals surface area contributed by atoms with Crippen LogP contribution in [0.2, 0.25) is 0 Å². The monoisotopic (exact) mass is 395 g/mol. The smallest absolute Gasteiger partial charge is 0.360 e. The molecule has 1 aliphatic carbocycles. The van der Waals surface area contributed by atoms with Crippen molar-refractivity contribution in [1.29, 1.82) is 0 Å².